The van der Waals surface area contributed by atoms with Gasteiger partial charge in [-0.2, -0.15) is 0 Å². The van der Waals surface area contributed by atoms with Crippen molar-refractivity contribution in [3.8, 4) is 10.9 Å². The largest absolute Gasteiger partial charge is 0.478 e. The molecule has 0 atom stereocenters. The molecule has 0 spiro atoms. The Morgan fingerprint density at radius 3 is 2.79 bits per heavy atom. The van der Waals surface area contributed by atoms with Gasteiger partial charge in [0.05, 0.1) is 10.5 Å². The fourth-order valence-electron chi connectivity index (χ4n) is 1.37. The van der Waals surface area contributed by atoms with Crippen molar-refractivity contribution in [3.05, 3.63) is 45.6 Å². The highest BCUT2D eigenvalue weighted by atomic mass is 32.1. The second-order valence-corrected chi connectivity index (χ2v) is 4.58. The van der Waals surface area contributed by atoms with Crippen LogP contribution in [-0.4, -0.2) is 21.0 Å². The average Bonchev–Trinajstić information content (AvgIpc) is 2.80. The maximum atomic E-state index is 10.8. The molecular formula is C11H8N2O5S. The number of hydrogen-bond acceptors (Lipinski definition) is 6. The fourth-order valence-corrected chi connectivity index (χ4v) is 1.97. The molecule has 0 saturated carbocycles. The third kappa shape index (κ3) is 2.86. The fraction of sp³-hybridized carbons (Fsp3) is 0.0909. The highest BCUT2D eigenvalue weighted by molar-refractivity contribution is 7.16. The highest BCUT2D eigenvalue weighted by Crippen LogP contribution is 2.32. The van der Waals surface area contributed by atoms with E-state index in [0.717, 1.165) is 17.5 Å². The summed E-state index contributed by atoms with van der Waals surface area (Å²) in [5, 5.41) is 19.4. The summed E-state index contributed by atoms with van der Waals surface area (Å²) >= 11 is 0.806. The van der Waals surface area contributed by atoms with Crippen LogP contribution in [0.4, 0.5) is 5.00 Å². The Morgan fingerprint density at radius 1 is 1.53 bits per heavy atom. The summed E-state index contributed by atoms with van der Waals surface area (Å²) in [6.45, 7) is 1.68. The molecule has 2 aromatic rings. The van der Waals surface area contributed by atoms with Crippen LogP contribution < -0.4 is 4.74 Å². The molecule has 1 aromatic carbocycles. The van der Waals surface area contributed by atoms with E-state index in [2.05, 4.69) is 4.98 Å². The molecule has 0 amide bonds. The van der Waals surface area contributed by atoms with Gasteiger partial charge in [0.15, 0.2) is 0 Å². The Balaban J connectivity index is 2.23. The maximum absolute atomic E-state index is 10.8. The minimum absolute atomic E-state index is 0.116. The zero-order valence-electron chi connectivity index (χ0n) is 9.69. The van der Waals surface area contributed by atoms with Gasteiger partial charge in [-0.05, 0) is 42.0 Å². The Bertz CT molecular complexity index is 652. The van der Waals surface area contributed by atoms with Crippen molar-refractivity contribution < 1.29 is 19.6 Å². The summed E-state index contributed by atoms with van der Waals surface area (Å²) in [4.78, 5) is 24.5. The van der Waals surface area contributed by atoms with Gasteiger partial charge >= 0.3 is 11.0 Å². The van der Waals surface area contributed by atoms with Crippen molar-refractivity contribution in [3.63, 3.8) is 0 Å². The van der Waals surface area contributed by atoms with E-state index in [1.807, 2.05) is 0 Å². The van der Waals surface area contributed by atoms with Crippen LogP contribution in [0.15, 0.2) is 24.4 Å². The van der Waals surface area contributed by atoms with E-state index >= 15 is 0 Å². The van der Waals surface area contributed by atoms with Crippen molar-refractivity contribution in [2.75, 3.05) is 0 Å². The number of carbonyl (C=O) groups is 1. The maximum Gasteiger partial charge on any atom is 0.347 e. The number of rotatable bonds is 4. The molecule has 2 rings (SSSR count). The van der Waals surface area contributed by atoms with Gasteiger partial charge in [0.1, 0.15) is 11.9 Å². The molecule has 0 radical (unpaired) electrons. The molecule has 0 aliphatic rings. The van der Waals surface area contributed by atoms with Crippen LogP contribution in [0.2, 0.25) is 0 Å². The Kier molecular flexibility index (Phi) is 3.43. The van der Waals surface area contributed by atoms with Gasteiger partial charge in [0.25, 0.3) is 5.19 Å². The first-order chi connectivity index (χ1) is 8.97. The predicted molar refractivity (Wildman–Crippen MR) is 67.0 cm³/mol. The minimum atomic E-state index is -1.03. The van der Waals surface area contributed by atoms with Crippen molar-refractivity contribution in [1.82, 2.24) is 4.98 Å². The standard InChI is InChI=1S/C11H8N2O5S/c1-6-4-7(10(14)15)2-3-8(6)18-11-12-5-9(19-11)13(16)17/h2-5H,1H3,(H,14,15). The smallest absolute Gasteiger partial charge is 0.347 e. The molecule has 0 fully saturated rings. The number of carboxylic acid groups (broad SMARTS) is 1. The van der Waals surface area contributed by atoms with Gasteiger partial charge in [0, 0.05) is 0 Å². The van der Waals surface area contributed by atoms with Gasteiger partial charge in [0.2, 0.25) is 0 Å². The molecule has 98 valence electrons. The number of aryl methyl sites for hydroxylation is 1. The molecule has 19 heavy (non-hydrogen) atoms. The number of hydrogen-bond donors (Lipinski definition) is 1. The van der Waals surface area contributed by atoms with Gasteiger partial charge < -0.3 is 9.84 Å². The van der Waals surface area contributed by atoms with Gasteiger partial charge in [-0.15, -0.1) is 0 Å². The van der Waals surface area contributed by atoms with E-state index < -0.39 is 10.9 Å². The number of benzene rings is 1. The second kappa shape index (κ2) is 5.02. The van der Waals surface area contributed by atoms with E-state index in [9.17, 15) is 14.9 Å². The zero-order chi connectivity index (χ0) is 14.0. The van der Waals surface area contributed by atoms with Gasteiger partial charge in [-0.1, -0.05) is 0 Å². The number of nitro groups is 1. The molecule has 1 N–H and O–H groups in total. The highest BCUT2D eigenvalue weighted by Gasteiger charge is 2.14. The molecule has 0 unspecified atom stereocenters. The van der Waals surface area contributed by atoms with Crippen molar-refractivity contribution in [2.24, 2.45) is 0 Å². The molecule has 8 heteroatoms. The lowest BCUT2D eigenvalue weighted by Gasteiger charge is -2.05. The number of aromatic nitrogens is 1. The molecular weight excluding hydrogens is 272 g/mol. The van der Waals surface area contributed by atoms with Crippen LogP contribution in [0.1, 0.15) is 15.9 Å². The molecule has 0 aliphatic carbocycles. The predicted octanol–water partition coefficient (Wildman–Crippen LogP) is 2.85. The van der Waals surface area contributed by atoms with E-state index in [-0.39, 0.29) is 15.8 Å². The van der Waals surface area contributed by atoms with E-state index in [1.165, 1.54) is 18.2 Å². The molecule has 1 heterocycles. The monoisotopic (exact) mass is 280 g/mol. The summed E-state index contributed by atoms with van der Waals surface area (Å²) in [6, 6.07) is 4.35. The lowest BCUT2D eigenvalue weighted by Crippen LogP contribution is -1.97. The van der Waals surface area contributed by atoms with Crippen molar-refractivity contribution >= 4 is 22.3 Å². The lowest BCUT2D eigenvalue weighted by molar-refractivity contribution is -0.380. The van der Waals surface area contributed by atoms with Crippen LogP contribution in [-0.2, 0) is 0 Å². The zero-order valence-corrected chi connectivity index (χ0v) is 10.5. The normalized spacial score (nSPS) is 10.2. The van der Waals surface area contributed by atoms with Gasteiger partial charge in [-0.3, -0.25) is 10.1 Å². The Morgan fingerprint density at radius 2 is 2.26 bits per heavy atom. The number of thiazole rings is 1. The van der Waals surface area contributed by atoms with Crippen LogP contribution in [0.3, 0.4) is 0 Å². The molecule has 7 nitrogen and oxygen atoms in total. The van der Waals surface area contributed by atoms with Crippen molar-refractivity contribution in [2.45, 2.75) is 6.92 Å². The van der Waals surface area contributed by atoms with E-state index in [0.29, 0.717) is 11.3 Å². The first-order valence-electron chi connectivity index (χ1n) is 5.09. The summed E-state index contributed by atoms with van der Waals surface area (Å²) in [7, 11) is 0. The average molecular weight is 280 g/mol. The molecule has 0 saturated heterocycles. The second-order valence-electron chi connectivity index (χ2n) is 3.61. The summed E-state index contributed by atoms with van der Waals surface area (Å²) < 4.78 is 5.38. The number of aromatic carboxylic acids is 1. The van der Waals surface area contributed by atoms with Gasteiger partial charge in [-0.25, -0.2) is 9.78 Å². The summed E-state index contributed by atoms with van der Waals surface area (Å²) in [5.41, 5.74) is 0.757. The summed E-state index contributed by atoms with van der Waals surface area (Å²) in [6.07, 6.45) is 1.11. The van der Waals surface area contributed by atoms with Crippen LogP contribution in [0.25, 0.3) is 0 Å². The quantitative estimate of drug-likeness (QED) is 0.682. The minimum Gasteiger partial charge on any atom is -0.478 e. The first kappa shape index (κ1) is 13.0. The molecule has 0 bridgehead atoms. The Labute approximate surface area is 111 Å². The third-order valence-electron chi connectivity index (χ3n) is 2.27. The summed E-state index contributed by atoms with van der Waals surface area (Å²) in [5.74, 6) is -0.617. The van der Waals surface area contributed by atoms with E-state index in [1.54, 1.807) is 6.92 Å². The third-order valence-corrected chi connectivity index (χ3v) is 3.10. The van der Waals surface area contributed by atoms with Crippen LogP contribution >= 0.6 is 11.3 Å². The number of nitrogens with zero attached hydrogens (tertiary/aromatic N) is 2. The Hall–Kier alpha value is -2.48. The van der Waals surface area contributed by atoms with Crippen molar-refractivity contribution in [1.29, 1.82) is 0 Å². The topological polar surface area (TPSA) is 103 Å². The molecule has 1 aromatic heterocycles. The van der Waals surface area contributed by atoms with Crippen LogP contribution in [0.5, 0.6) is 10.9 Å². The SMILES string of the molecule is Cc1cc(C(=O)O)ccc1Oc1ncc([N+](=O)[O-])s1. The number of carboxylic acids is 1. The molecule has 0 aliphatic heterocycles. The lowest BCUT2D eigenvalue weighted by atomic mass is 10.1. The van der Waals surface area contributed by atoms with Crippen LogP contribution in [0, 0.1) is 17.0 Å². The van der Waals surface area contributed by atoms with E-state index in [4.69, 9.17) is 9.84 Å². The number of ether oxygens (including phenoxy) is 1. The first-order valence-corrected chi connectivity index (χ1v) is 5.91.